The Kier molecular flexibility index (Phi) is 3.26. The van der Waals surface area contributed by atoms with Crippen molar-refractivity contribution in [1.29, 1.82) is 0 Å². The van der Waals surface area contributed by atoms with Gasteiger partial charge in [-0.05, 0) is 36.8 Å². The smallest absolute Gasteiger partial charge is 0.149 e. The highest BCUT2D eigenvalue weighted by atomic mass is 19.1. The van der Waals surface area contributed by atoms with Crippen molar-refractivity contribution in [3.63, 3.8) is 0 Å². The van der Waals surface area contributed by atoms with Crippen molar-refractivity contribution in [1.82, 2.24) is 4.98 Å². The van der Waals surface area contributed by atoms with Crippen LogP contribution in [0.5, 0.6) is 0 Å². The zero-order valence-corrected chi connectivity index (χ0v) is 11.2. The fraction of sp³-hybridized carbons (Fsp3) is 0.267. The summed E-state index contributed by atoms with van der Waals surface area (Å²) in [5, 5.41) is 3.21. The number of fused-ring (bicyclic) bond motifs is 1. The number of hydrogen-bond donors (Lipinski definition) is 1. The number of nitrogens with zero attached hydrogens (tertiary/aromatic N) is 2. The lowest BCUT2D eigenvalue weighted by Gasteiger charge is -2.31. The van der Waals surface area contributed by atoms with Gasteiger partial charge in [-0.1, -0.05) is 0 Å². The van der Waals surface area contributed by atoms with Crippen molar-refractivity contribution >= 4 is 11.5 Å². The first-order valence-corrected chi connectivity index (χ1v) is 6.53. The molecule has 1 N–H and O–H groups in total. The van der Waals surface area contributed by atoms with Crippen molar-refractivity contribution in [2.24, 2.45) is 0 Å². The van der Waals surface area contributed by atoms with Gasteiger partial charge in [-0.25, -0.2) is 13.8 Å². The van der Waals surface area contributed by atoms with E-state index in [9.17, 15) is 8.78 Å². The molecular formula is C15H15F2N3. The molecule has 1 aromatic heterocycles. The molecule has 2 aromatic rings. The van der Waals surface area contributed by atoms with Crippen LogP contribution in [0.4, 0.5) is 20.3 Å². The van der Waals surface area contributed by atoms with Crippen LogP contribution in [0.1, 0.15) is 11.1 Å². The lowest BCUT2D eigenvalue weighted by molar-refractivity contribution is 0.580. The predicted molar refractivity (Wildman–Crippen MR) is 74.9 cm³/mol. The van der Waals surface area contributed by atoms with Crippen LogP contribution in [-0.4, -0.2) is 18.1 Å². The van der Waals surface area contributed by atoms with E-state index in [0.29, 0.717) is 12.1 Å². The van der Waals surface area contributed by atoms with Crippen LogP contribution in [0.25, 0.3) is 0 Å². The third-order valence-electron chi connectivity index (χ3n) is 3.39. The zero-order chi connectivity index (χ0) is 14.1. The highest BCUT2D eigenvalue weighted by molar-refractivity contribution is 5.68. The van der Waals surface area contributed by atoms with Crippen LogP contribution < -0.4 is 10.2 Å². The van der Waals surface area contributed by atoms with Gasteiger partial charge in [-0.15, -0.1) is 0 Å². The summed E-state index contributed by atoms with van der Waals surface area (Å²) in [5.41, 5.74) is 2.33. The number of rotatable bonds is 2. The number of aromatic nitrogens is 1. The summed E-state index contributed by atoms with van der Waals surface area (Å²) in [6.07, 6.45) is 1.79. The van der Waals surface area contributed by atoms with Crippen LogP contribution in [0.3, 0.4) is 0 Å². The van der Waals surface area contributed by atoms with Crippen molar-refractivity contribution in [2.45, 2.75) is 13.5 Å². The topological polar surface area (TPSA) is 28.2 Å². The van der Waals surface area contributed by atoms with E-state index in [1.807, 2.05) is 17.9 Å². The second-order valence-corrected chi connectivity index (χ2v) is 4.96. The number of aryl methyl sites for hydroxylation is 1. The van der Waals surface area contributed by atoms with Gasteiger partial charge in [-0.3, -0.25) is 0 Å². The highest BCUT2D eigenvalue weighted by Gasteiger charge is 2.19. The molecule has 1 aromatic carbocycles. The maximum Gasteiger partial charge on any atom is 0.149 e. The SMILES string of the molecule is Cc1cnc2c(c1)N(Cc1cc(F)ccc1F)CCN2. The molecule has 0 unspecified atom stereocenters. The molecule has 0 atom stereocenters. The number of anilines is 2. The standard InChI is InChI=1S/C15H15F2N3/c1-10-6-14-15(19-8-10)18-4-5-20(14)9-11-7-12(16)2-3-13(11)17/h2-3,6-8H,4-5,9H2,1H3,(H,18,19). The number of pyridine rings is 1. The summed E-state index contributed by atoms with van der Waals surface area (Å²) in [5.74, 6) is -0.00937. The Bertz CT molecular complexity index is 643. The van der Waals surface area contributed by atoms with Gasteiger partial charge >= 0.3 is 0 Å². The Morgan fingerprint density at radius 3 is 3.00 bits per heavy atom. The number of halogens is 2. The fourth-order valence-corrected chi connectivity index (χ4v) is 2.40. The Morgan fingerprint density at radius 2 is 2.15 bits per heavy atom. The lowest BCUT2D eigenvalue weighted by Crippen LogP contribution is -2.34. The minimum absolute atomic E-state index is 0.337. The number of benzene rings is 1. The van der Waals surface area contributed by atoms with Crippen LogP contribution >= 0.6 is 0 Å². The van der Waals surface area contributed by atoms with Crippen molar-refractivity contribution in [2.75, 3.05) is 23.3 Å². The summed E-state index contributed by atoms with van der Waals surface area (Å²) in [6, 6.07) is 5.56. The monoisotopic (exact) mass is 275 g/mol. The van der Waals surface area contributed by atoms with Gasteiger partial charge in [0, 0.05) is 31.4 Å². The highest BCUT2D eigenvalue weighted by Crippen LogP contribution is 2.29. The third kappa shape index (κ3) is 2.43. The van der Waals surface area contributed by atoms with Crippen molar-refractivity contribution in [3.8, 4) is 0 Å². The number of hydrogen-bond acceptors (Lipinski definition) is 3. The summed E-state index contributed by atoms with van der Waals surface area (Å²) in [6.45, 7) is 3.76. The molecule has 3 rings (SSSR count). The molecular weight excluding hydrogens is 260 g/mol. The average Bonchev–Trinajstić information content (AvgIpc) is 2.43. The molecule has 3 nitrogen and oxygen atoms in total. The Labute approximate surface area is 116 Å². The Morgan fingerprint density at radius 1 is 1.30 bits per heavy atom. The Balaban J connectivity index is 1.93. The first-order chi connectivity index (χ1) is 9.63. The van der Waals surface area contributed by atoms with Crippen LogP contribution in [0.15, 0.2) is 30.5 Å². The summed E-state index contributed by atoms with van der Waals surface area (Å²) in [7, 11) is 0. The van der Waals surface area contributed by atoms with E-state index in [1.54, 1.807) is 6.20 Å². The van der Waals surface area contributed by atoms with E-state index in [1.165, 1.54) is 12.1 Å². The third-order valence-corrected chi connectivity index (χ3v) is 3.39. The molecule has 0 aliphatic carbocycles. The summed E-state index contributed by atoms with van der Waals surface area (Å²) >= 11 is 0. The maximum absolute atomic E-state index is 13.8. The summed E-state index contributed by atoms with van der Waals surface area (Å²) < 4.78 is 27.0. The molecule has 0 spiro atoms. The largest absolute Gasteiger partial charge is 0.367 e. The van der Waals surface area contributed by atoms with Crippen molar-refractivity contribution in [3.05, 3.63) is 53.2 Å². The molecule has 20 heavy (non-hydrogen) atoms. The van der Waals surface area contributed by atoms with Gasteiger partial charge in [0.1, 0.15) is 17.5 Å². The van der Waals surface area contributed by atoms with E-state index in [-0.39, 0.29) is 5.82 Å². The molecule has 0 saturated carbocycles. The molecule has 104 valence electrons. The van der Waals surface area contributed by atoms with Gasteiger partial charge in [0.25, 0.3) is 0 Å². The van der Waals surface area contributed by atoms with E-state index >= 15 is 0 Å². The quantitative estimate of drug-likeness (QED) is 0.913. The normalized spacial score (nSPS) is 13.8. The molecule has 0 radical (unpaired) electrons. The van der Waals surface area contributed by atoms with E-state index in [0.717, 1.165) is 36.2 Å². The molecule has 0 saturated heterocycles. The first kappa shape index (κ1) is 12.8. The van der Waals surface area contributed by atoms with E-state index in [2.05, 4.69) is 10.3 Å². The molecule has 5 heteroatoms. The van der Waals surface area contributed by atoms with Gasteiger partial charge in [0.2, 0.25) is 0 Å². The predicted octanol–water partition coefficient (Wildman–Crippen LogP) is 3.10. The zero-order valence-electron chi connectivity index (χ0n) is 11.2. The van der Waals surface area contributed by atoms with Gasteiger partial charge < -0.3 is 10.2 Å². The van der Waals surface area contributed by atoms with E-state index < -0.39 is 5.82 Å². The van der Waals surface area contributed by atoms with Gasteiger partial charge in [0.05, 0.1) is 5.69 Å². The molecule has 1 aliphatic rings. The van der Waals surface area contributed by atoms with Gasteiger partial charge in [-0.2, -0.15) is 0 Å². The second kappa shape index (κ2) is 5.07. The first-order valence-electron chi connectivity index (χ1n) is 6.53. The minimum Gasteiger partial charge on any atom is -0.367 e. The maximum atomic E-state index is 13.8. The molecule has 1 aliphatic heterocycles. The summed E-state index contributed by atoms with van der Waals surface area (Å²) in [4.78, 5) is 6.35. The Hall–Kier alpha value is -2.17. The second-order valence-electron chi connectivity index (χ2n) is 4.96. The molecule has 0 fully saturated rings. The van der Waals surface area contributed by atoms with Crippen molar-refractivity contribution < 1.29 is 8.78 Å². The van der Waals surface area contributed by atoms with Gasteiger partial charge in [0.15, 0.2) is 0 Å². The molecule has 2 heterocycles. The average molecular weight is 275 g/mol. The molecule has 0 amide bonds. The molecule has 0 bridgehead atoms. The van der Waals surface area contributed by atoms with E-state index in [4.69, 9.17) is 0 Å². The van der Waals surface area contributed by atoms with Crippen LogP contribution in [-0.2, 0) is 6.54 Å². The van der Waals surface area contributed by atoms with Crippen LogP contribution in [0, 0.1) is 18.6 Å². The lowest BCUT2D eigenvalue weighted by atomic mass is 10.1. The minimum atomic E-state index is -0.417. The number of nitrogens with one attached hydrogen (secondary N) is 1. The fourth-order valence-electron chi connectivity index (χ4n) is 2.40. The van der Waals surface area contributed by atoms with Crippen LogP contribution in [0.2, 0.25) is 0 Å².